The third kappa shape index (κ3) is 3.78. The van der Waals surface area contributed by atoms with Crippen LogP contribution in [0.15, 0.2) is 54.9 Å². The number of benzene rings is 2. The van der Waals surface area contributed by atoms with Crippen LogP contribution in [0.3, 0.4) is 0 Å². The van der Waals surface area contributed by atoms with Crippen molar-refractivity contribution < 1.29 is 22.8 Å². The molecular formula is C22H19F3N4O2. The minimum absolute atomic E-state index is 0.0203. The largest absolute Gasteiger partial charge is 0.416 e. The molecule has 2 N–H and O–H groups in total. The molecule has 3 aromatic rings. The summed E-state index contributed by atoms with van der Waals surface area (Å²) in [4.78, 5) is 26.3. The number of aromatic nitrogens is 2. The molecule has 0 spiro atoms. The van der Waals surface area contributed by atoms with Gasteiger partial charge in [0.1, 0.15) is 0 Å². The number of rotatable bonds is 6. The van der Waals surface area contributed by atoms with Crippen LogP contribution in [0.25, 0.3) is 0 Å². The molecule has 1 atom stereocenters. The Morgan fingerprint density at radius 1 is 1.10 bits per heavy atom. The molecule has 0 bridgehead atoms. The minimum atomic E-state index is -4.54. The highest BCUT2D eigenvalue weighted by Gasteiger charge is 2.37. The second-order valence-electron chi connectivity index (χ2n) is 7.22. The average Bonchev–Trinajstić information content (AvgIpc) is 3.35. The second kappa shape index (κ2) is 7.90. The summed E-state index contributed by atoms with van der Waals surface area (Å²) in [7, 11) is 0. The smallest absolute Gasteiger partial charge is 0.374 e. The van der Waals surface area contributed by atoms with Crippen molar-refractivity contribution in [3.63, 3.8) is 0 Å². The van der Waals surface area contributed by atoms with Crippen molar-refractivity contribution in [1.82, 2.24) is 15.1 Å². The number of fused-ring (bicyclic) bond motifs is 1. The zero-order valence-electron chi connectivity index (χ0n) is 16.5. The number of carbonyl (C=O) groups is 2. The monoisotopic (exact) mass is 428 g/mol. The molecule has 0 saturated carbocycles. The van der Waals surface area contributed by atoms with Crippen molar-refractivity contribution in [1.29, 1.82) is 0 Å². The third-order valence-electron chi connectivity index (χ3n) is 5.16. The maximum absolute atomic E-state index is 13.6. The van der Waals surface area contributed by atoms with E-state index in [1.54, 1.807) is 6.07 Å². The number of nitrogens with zero attached hydrogens (tertiary/aromatic N) is 2. The van der Waals surface area contributed by atoms with Crippen molar-refractivity contribution in [2.24, 2.45) is 0 Å². The lowest BCUT2D eigenvalue weighted by molar-refractivity contribution is -0.138. The summed E-state index contributed by atoms with van der Waals surface area (Å²) in [5.41, 5.74) is 0.689. The topological polar surface area (TPSA) is 78.1 Å². The summed E-state index contributed by atoms with van der Waals surface area (Å²) < 4.78 is 40.9. The molecule has 1 unspecified atom stereocenters. The first kappa shape index (κ1) is 20.6. The van der Waals surface area contributed by atoms with Crippen LogP contribution in [0.5, 0.6) is 0 Å². The maximum Gasteiger partial charge on any atom is 0.416 e. The molecule has 1 aliphatic heterocycles. The third-order valence-corrected chi connectivity index (χ3v) is 5.16. The van der Waals surface area contributed by atoms with Crippen LogP contribution >= 0.6 is 0 Å². The number of amides is 2. The molecular weight excluding hydrogens is 409 g/mol. The molecule has 0 aliphatic carbocycles. The fourth-order valence-electron chi connectivity index (χ4n) is 3.74. The van der Waals surface area contributed by atoms with Crippen molar-refractivity contribution in [3.8, 4) is 0 Å². The van der Waals surface area contributed by atoms with Crippen LogP contribution < -0.4 is 5.32 Å². The van der Waals surface area contributed by atoms with E-state index in [1.807, 2.05) is 6.92 Å². The number of hydrogen-bond acceptors (Lipinski definition) is 4. The van der Waals surface area contributed by atoms with E-state index in [4.69, 9.17) is 0 Å². The number of carbonyl (C=O) groups excluding carboxylic acids is 2. The SMILES string of the molecule is CCCN1C(=O)c2ccc(NC(c3cn[nH]c3)c3ccccc3C(F)(F)F)cc2C1=O. The van der Waals surface area contributed by atoms with Crippen molar-refractivity contribution >= 4 is 17.5 Å². The van der Waals surface area contributed by atoms with Crippen LogP contribution in [0.1, 0.15) is 56.8 Å². The van der Waals surface area contributed by atoms with Crippen molar-refractivity contribution in [2.45, 2.75) is 25.6 Å². The lowest BCUT2D eigenvalue weighted by Crippen LogP contribution is -2.30. The highest BCUT2D eigenvalue weighted by atomic mass is 19.4. The normalized spacial score (nSPS) is 14.6. The first-order valence-corrected chi connectivity index (χ1v) is 9.72. The Bertz CT molecular complexity index is 1130. The summed E-state index contributed by atoms with van der Waals surface area (Å²) in [5, 5.41) is 9.56. The Morgan fingerprint density at radius 3 is 2.52 bits per heavy atom. The molecule has 4 rings (SSSR count). The van der Waals surface area contributed by atoms with Gasteiger partial charge in [-0.1, -0.05) is 25.1 Å². The summed E-state index contributed by atoms with van der Waals surface area (Å²) in [6.45, 7) is 2.18. The summed E-state index contributed by atoms with van der Waals surface area (Å²) in [5.74, 6) is -0.761. The molecule has 1 aromatic heterocycles. The first-order chi connectivity index (χ1) is 14.8. The molecule has 9 heteroatoms. The molecule has 2 heterocycles. The van der Waals surface area contributed by atoms with E-state index in [-0.39, 0.29) is 17.0 Å². The minimum Gasteiger partial charge on any atom is -0.374 e. The van der Waals surface area contributed by atoms with E-state index in [1.165, 1.54) is 47.6 Å². The van der Waals surface area contributed by atoms with E-state index in [0.717, 1.165) is 6.07 Å². The van der Waals surface area contributed by atoms with Gasteiger partial charge < -0.3 is 5.32 Å². The number of aromatic amines is 1. The number of hydrogen-bond donors (Lipinski definition) is 2. The lowest BCUT2D eigenvalue weighted by Gasteiger charge is -2.23. The number of anilines is 1. The fraction of sp³-hybridized carbons (Fsp3) is 0.227. The van der Waals surface area contributed by atoms with Crippen LogP contribution in [-0.2, 0) is 6.18 Å². The molecule has 160 valence electrons. The summed E-state index contributed by atoms with van der Waals surface area (Å²) in [6.07, 6.45) is -0.958. The van der Waals surface area contributed by atoms with E-state index in [9.17, 15) is 22.8 Å². The highest BCUT2D eigenvalue weighted by Crippen LogP contribution is 2.38. The van der Waals surface area contributed by atoms with E-state index in [0.29, 0.717) is 29.8 Å². The Kier molecular flexibility index (Phi) is 5.26. The molecule has 1 aliphatic rings. The van der Waals surface area contributed by atoms with E-state index >= 15 is 0 Å². The van der Waals surface area contributed by atoms with Crippen LogP contribution in [0.2, 0.25) is 0 Å². The van der Waals surface area contributed by atoms with E-state index < -0.39 is 23.7 Å². The Labute approximate surface area is 176 Å². The Morgan fingerprint density at radius 2 is 1.84 bits per heavy atom. The first-order valence-electron chi connectivity index (χ1n) is 9.72. The average molecular weight is 428 g/mol. The highest BCUT2D eigenvalue weighted by molar-refractivity contribution is 6.21. The van der Waals surface area contributed by atoms with Gasteiger partial charge >= 0.3 is 6.18 Å². The zero-order valence-corrected chi connectivity index (χ0v) is 16.5. The molecule has 0 radical (unpaired) electrons. The summed E-state index contributed by atoms with van der Waals surface area (Å²) in [6, 6.07) is 9.03. The molecule has 31 heavy (non-hydrogen) atoms. The quantitative estimate of drug-likeness (QED) is 0.561. The molecule has 0 fully saturated rings. The van der Waals surface area contributed by atoms with Crippen LogP contribution in [0, 0.1) is 0 Å². The summed E-state index contributed by atoms with van der Waals surface area (Å²) >= 11 is 0. The van der Waals surface area contributed by atoms with Gasteiger partial charge in [0.15, 0.2) is 0 Å². The number of H-pyrrole nitrogens is 1. The van der Waals surface area contributed by atoms with Crippen molar-refractivity contribution in [3.05, 3.63) is 82.7 Å². The lowest BCUT2D eigenvalue weighted by atomic mass is 9.95. The number of alkyl halides is 3. The molecule has 6 nitrogen and oxygen atoms in total. The fourth-order valence-corrected chi connectivity index (χ4v) is 3.74. The zero-order chi connectivity index (χ0) is 22.2. The number of imide groups is 1. The van der Waals surface area contributed by atoms with Gasteiger partial charge in [-0.3, -0.25) is 19.6 Å². The van der Waals surface area contributed by atoms with Gasteiger partial charge in [0.25, 0.3) is 11.8 Å². The Hall–Kier alpha value is -3.62. The van der Waals surface area contributed by atoms with Gasteiger partial charge in [-0.25, -0.2) is 0 Å². The molecule has 0 saturated heterocycles. The standard InChI is InChI=1S/C22H19F3N4O2/c1-2-9-29-20(30)15-8-7-14(10-17(15)21(29)31)28-19(13-11-26-27-12-13)16-5-3-4-6-18(16)22(23,24)25/h3-8,10-12,19,28H,2,9H2,1H3,(H,26,27). The van der Waals surface area contributed by atoms with Gasteiger partial charge in [0.05, 0.1) is 28.9 Å². The van der Waals surface area contributed by atoms with Crippen molar-refractivity contribution in [2.75, 3.05) is 11.9 Å². The molecule has 2 aromatic carbocycles. The van der Waals surface area contributed by atoms with Gasteiger partial charge in [-0.2, -0.15) is 18.3 Å². The van der Waals surface area contributed by atoms with Gasteiger partial charge in [0, 0.05) is 24.0 Å². The maximum atomic E-state index is 13.6. The van der Waals surface area contributed by atoms with E-state index in [2.05, 4.69) is 15.5 Å². The van der Waals surface area contributed by atoms with Gasteiger partial charge in [0.2, 0.25) is 0 Å². The van der Waals surface area contributed by atoms with Crippen LogP contribution in [-0.4, -0.2) is 33.5 Å². The van der Waals surface area contributed by atoms with Gasteiger partial charge in [-0.05, 0) is 36.2 Å². The Balaban J connectivity index is 1.74. The number of nitrogens with one attached hydrogen (secondary N) is 2. The van der Waals surface area contributed by atoms with Gasteiger partial charge in [-0.15, -0.1) is 0 Å². The molecule has 2 amide bonds. The van der Waals surface area contributed by atoms with Crippen LogP contribution in [0.4, 0.5) is 18.9 Å². The predicted octanol–water partition coefficient (Wildman–Crippen LogP) is 4.64. The predicted molar refractivity (Wildman–Crippen MR) is 108 cm³/mol. The second-order valence-corrected chi connectivity index (χ2v) is 7.22. The number of halogens is 3.